The average Bonchev–Trinajstić information content (AvgIpc) is 3.15. The monoisotopic (exact) mass is 413 g/mol. The summed E-state index contributed by atoms with van der Waals surface area (Å²) in [5.41, 5.74) is -0.157. The number of amides is 1. The highest BCUT2D eigenvalue weighted by Crippen LogP contribution is 2.27. The van der Waals surface area contributed by atoms with Gasteiger partial charge < -0.3 is 15.1 Å². The predicted octanol–water partition coefficient (Wildman–Crippen LogP) is 0.859. The van der Waals surface area contributed by atoms with Gasteiger partial charge >= 0.3 is 0 Å². The van der Waals surface area contributed by atoms with Crippen molar-refractivity contribution in [3.63, 3.8) is 0 Å². The highest BCUT2D eigenvalue weighted by atomic mass is 32.2. The maximum absolute atomic E-state index is 12.3. The van der Waals surface area contributed by atoms with Gasteiger partial charge in [-0.1, -0.05) is 0 Å². The number of hydrogen-bond acceptors (Lipinski definition) is 7. The van der Waals surface area contributed by atoms with Crippen LogP contribution in [0.2, 0.25) is 0 Å². The Morgan fingerprint density at radius 3 is 2.54 bits per heavy atom. The lowest BCUT2D eigenvalue weighted by Crippen LogP contribution is -2.31. The lowest BCUT2D eigenvalue weighted by atomic mass is 10.2. The van der Waals surface area contributed by atoms with E-state index in [4.69, 9.17) is 0 Å². The summed E-state index contributed by atoms with van der Waals surface area (Å²) in [6.45, 7) is 2.45. The predicted molar refractivity (Wildman–Crippen MR) is 106 cm³/mol. The molecule has 0 aliphatic carbocycles. The Morgan fingerprint density at radius 2 is 1.93 bits per heavy atom. The summed E-state index contributed by atoms with van der Waals surface area (Å²) >= 11 is 0. The first-order chi connectivity index (χ1) is 13.2. The summed E-state index contributed by atoms with van der Waals surface area (Å²) in [6.07, 6.45) is 2.23. The second-order valence-electron chi connectivity index (χ2n) is 6.90. The second-order valence-corrected chi connectivity index (χ2v) is 8.67. The number of nitrogens with one attached hydrogen (secondary N) is 2. The zero-order valence-corrected chi connectivity index (χ0v) is 17.0. The summed E-state index contributed by atoms with van der Waals surface area (Å²) in [5.74, 6) is 0.0111. The van der Waals surface area contributed by atoms with Gasteiger partial charge in [0.1, 0.15) is 5.69 Å². The highest BCUT2D eigenvalue weighted by Gasteiger charge is 2.22. The van der Waals surface area contributed by atoms with E-state index in [2.05, 4.69) is 10.0 Å². The number of rotatable bonds is 10. The van der Waals surface area contributed by atoms with Crippen molar-refractivity contribution in [2.45, 2.75) is 24.2 Å². The van der Waals surface area contributed by atoms with E-state index in [1.165, 1.54) is 12.1 Å². The molecular formula is C17H27N5O5S. The minimum absolute atomic E-state index is 0.0111. The molecule has 0 bridgehead atoms. The van der Waals surface area contributed by atoms with E-state index in [1.54, 1.807) is 4.90 Å². The van der Waals surface area contributed by atoms with Crippen LogP contribution < -0.4 is 10.0 Å². The maximum atomic E-state index is 12.3. The van der Waals surface area contributed by atoms with E-state index in [0.29, 0.717) is 6.54 Å². The van der Waals surface area contributed by atoms with Gasteiger partial charge in [-0.15, -0.1) is 0 Å². The Kier molecular flexibility index (Phi) is 7.72. The van der Waals surface area contributed by atoms with E-state index in [-0.39, 0.29) is 41.7 Å². The third kappa shape index (κ3) is 6.14. The van der Waals surface area contributed by atoms with Gasteiger partial charge in [-0.2, -0.15) is 0 Å². The average molecular weight is 414 g/mol. The molecule has 0 saturated carbocycles. The summed E-state index contributed by atoms with van der Waals surface area (Å²) in [7, 11) is -0.216. The Balaban J connectivity index is 2.03. The molecule has 0 atom stereocenters. The van der Waals surface area contributed by atoms with E-state index < -0.39 is 14.9 Å². The molecule has 1 aliphatic heterocycles. The number of nitro benzene ring substituents is 1. The molecule has 1 amide bonds. The molecule has 0 aromatic heterocycles. The van der Waals surface area contributed by atoms with Gasteiger partial charge in [0.2, 0.25) is 15.9 Å². The third-order valence-electron chi connectivity index (χ3n) is 4.44. The SMILES string of the molecule is CN(C)CCNS(=O)(=O)c1ccc(NCCC(=O)N2CCCC2)c([N+](=O)[O-])c1. The van der Waals surface area contributed by atoms with Crippen LogP contribution in [0.4, 0.5) is 11.4 Å². The molecule has 1 saturated heterocycles. The molecule has 0 spiro atoms. The van der Waals surface area contributed by atoms with Crippen molar-refractivity contribution in [3.8, 4) is 0 Å². The Morgan fingerprint density at radius 1 is 1.25 bits per heavy atom. The van der Waals surface area contributed by atoms with Gasteiger partial charge in [-0.3, -0.25) is 14.9 Å². The lowest BCUT2D eigenvalue weighted by molar-refractivity contribution is -0.384. The molecule has 1 heterocycles. The Labute approximate surface area is 165 Å². The van der Waals surface area contributed by atoms with Crippen molar-refractivity contribution in [1.29, 1.82) is 0 Å². The largest absolute Gasteiger partial charge is 0.379 e. The van der Waals surface area contributed by atoms with Crippen LogP contribution in [0.5, 0.6) is 0 Å². The normalized spacial score (nSPS) is 14.5. The Bertz CT molecular complexity index is 806. The fourth-order valence-corrected chi connectivity index (χ4v) is 3.94. The molecule has 1 aromatic rings. The van der Waals surface area contributed by atoms with Crippen LogP contribution in [0.15, 0.2) is 23.1 Å². The van der Waals surface area contributed by atoms with Crippen LogP contribution in [0.3, 0.4) is 0 Å². The fraction of sp³-hybridized carbons (Fsp3) is 0.588. The molecule has 2 N–H and O–H groups in total. The molecule has 156 valence electrons. The van der Waals surface area contributed by atoms with Gasteiger partial charge in [-0.25, -0.2) is 13.1 Å². The molecule has 10 nitrogen and oxygen atoms in total. The summed E-state index contributed by atoms with van der Waals surface area (Å²) in [5, 5.41) is 14.3. The van der Waals surface area contributed by atoms with Crippen LogP contribution >= 0.6 is 0 Å². The number of sulfonamides is 1. The van der Waals surface area contributed by atoms with Crippen molar-refractivity contribution < 1.29 is 18.1 Å². The maximum Gasteiger partial charge on any atom is 0.293 e. The van der Waals surface area contributed by atoms with E-state index >= 15 is 0 Å². The first-order valence-corrected chi connectivity index (χ1v) is 10.6. The summed E-state index contributed by atoms with van der Waals surface area (Å²) < 4.78 is 27.1. The zero-order chi connectivity index (χ0) is 20.7. The molecule has 0 radical (unpaired) electrons. The van der Waals surface area contributed by atoms with Gasteiger partial charge in [0.25, 0.3) is 5.69 Å². The van der Waals surface area contributed by atoms with E-state index in [0.717, 1.165) is 32.0 Å². The van der Waals surface area contributed by atoms with Crippen LogP contribution in [0.1, 0.15) is 19.3 Å². The van der Waals surface area contributed by atoms with Crippen molar-refractivity contribution in [2.24, 2.45) is 0 Å². The number of carbonyl (C=O) groups excluding carboxylic acids is 1. The standard InChI is InChI=1S/C17H27N5O5S/c1-20(2)12-9-19-28(26,27)14-5-6-15(16(13-14)22(24)25)18-8-7-17(23)21-10-3-4-11-21/h5-6,13,18-19H,3-4,7-12H2,1-2H3. The molecule has 28 heavy (non-hydrogen) atoms. The minimum Gasteiger partial charge on any atom is -0.379 e. The van der Waals surface area contributed by atoms with Crippen LogP contribution in [0, 0.1) is 10.1 Å². The second kappa shape index (κ2) is 9.80. The lowest BCUT2D eigenvalue weighted by Gasteiger charge is -2.15. The van der Waals surface area contributed by atoms with E-state index in [9.17, 15) is 23.3 Å². The van der Waals surface area contributed by atoms with Crippen molar-refractivity contribution in [1.82, 2.24) is 14.5 Å². The van der Waals surface area contributed by atoms with Gasteiger partial charge in [0.05, 0.1) is 9.82 Å². The number of benzene rings is 1. The number of likely N-dealkylation sites (tertiary alicyclic amines) is 1. The minimum atomic E-state index is -3.84. The quantitative estimate of drug-likeness (QED) is 0.430. The highest BCUT2D eigenvalue weighted by molar-refractivity contribution is 7.89. The topological polar surface area (TPSA) is 125 Å². The van der Waals surface area contributed by atoms with Crippen molar-refractivity contribution in [3.05, 3.63) is 28.3 Å². The van der Waals surface area contributed by atoms with E-state index in [1.807, 2.05) is 19.0 Å². The molecule has 1 fully saturated rings. The smallest absolute Gasteiger partial charge is 0.293 e. The molecule has 1 aliphatic rings. The van der Waals surface area contributed by atoms with Crippen LogP contribution in [-0.2, 0) is 14.8 Å². The van der Waals surface area contributed by atoms with Crippen LogP contribution in [0.25, 0.3) is 0 Å². The Hall–Kier alpha value is -2.24. The van der Waals surface area contributed by atoms with Gasteiger partial charge in [-0.05, 0) is 39.1 Å². The number of nitro groups is 1. The molecular weight excluding hydrogens is 386 g/mol. The third-order valence-corrected chi connectivity index (χ3v) is 5.90. The number of hydrogen-bond donors (Lipinski definition) is 2. The first kappa shape index (κ1) is 22.1. The molecule has 1 aromatic carbocycles. The molecule has 11 heteroatoms. The number of nitrogens with zero attached hydrogens (tertiary/aromatic N) is 3. The van der Waals surface area contributed by atoms with Crippen molar-refractivity contribution in [2.75, 3.05) is 52.1 Å². The van der Waals surface area contributed by atoms with Crippen LogP contribution in [-0.4, -0.2) is 75.9 Å². The van der Waals surface area contributed by atoms with Crippen molar-refractivity contribution >= 4 is 27.3 Å². The summed E-state index contributed by atoms with van der Waals surface area (Å²) in [4.78, 5) is 26.2. The number of likely N-dealkylation sites (N-methyl/N-ethyl adjacent to an activating group) is 1. The van der Waals surface area contributed by atoms with Gasteiger partial charge in [0, 0.05) is 45.2 Å². The number of anilines is 1. The first-order valence-electron chi connectivity index (χ1n) is 9.15. The zero-order valence-electron chi connectivity index (χ0n) is 16.2. The molecule has 2 rings (SSSR count). The molecule has 0 unspecified atom stereocenters. The number of carbonyl (C=O) groups is 1. The summed E-state index contributed by atoms with van der Waals surface area (Å²) in [6, 6.07) is 3.71. The van der Waals surface area contributed by atoms with Gasteiger partial charge in [0.15, 0.2) is 0 Å². The fourth-order valence-electron chi connectivity index (χ4n) is 2.89.